The van der Waals surface area contributed by atoms with Gasteiger partial charge in [-0.05, 0) is 34.4 Å². The molecule has 3 nitrogen and oxygen atoms in total. The third-order valence-electron chi connectivity index (χ3n) is 3.55. The van der Waals surface area contributed by atoms with Gasteiger partial charge in [0, 0.05) is 10.9 Å². The standard InChI is InChI=1S/C18H12N2OS/c21-18(20-14-5-3-9-19-11-14)16-10-13-8-7-12-4-1-2-6-15(12)17(13)22-16/h1-11H,(H,20,21). The van der Waals surface area contributed by atoms with E-state index in [4.69, 9.17) is 0 Å². The Labute approximate surface area is 131 Å². The lowest BCUT2D eigenvalue weighted by Gasteiger charge is -2.01. The van der Waals surface area contributed by atoms with Crippen molar-refractivity contribution in [1.29, 1.82) is 0 Å². The summed E-state index contributed by atoms with van der Waals surface area (Å²) < 4.78 is 1.15. The molecule has 0 spiro atoms. The first-order valence-electron chi connectivity index (χ1n) is 6.94. The highest BCUT2D eigenvalue weighted by Gasteiger charge is 2.12. The summed E-state index contributed by atoms with van der Waals surface area (Å²) in [4.78, 5) is 17.1. The number of aromatic nitrogens is 1. The molecule has 0 aliphatic heterocycles. The van der Waals surface area contributed by atoms with Crippen molar-refractivity contribution in [3.8, 4) is 0 Å². The van der Waals surface area contributed by atoms with E-state index in [2.05, 4.69) is 34.6 Å². The Morgan fingerprint density at radius 2 is 1.86 bits per heavy atom. The van der Waals surface area contributed by atoms with Gasteiger partial charge in [0.1, 0.15) is 0 Å². The number of pyridine rings is 1. The van der Waals surface area contributed by atoms with E-state index < -0.39 is 0 Å². The largest absolute Gasteiger partial charge is 0.320 e. The maximum atomic E-state index is 12.4. The van der Waals surface area contributed by atoms with Gasteiger partial charge in [0.05, 0.1) is 16.8 Å². The van der Waals surface area contributed by atoms with E-state index >= 15 is 0 Å². The molecular weight excluding hydrogens is 292 g/mol. The van der Waals surface area contributed by atoms with Crippen LogP contribution in [-0.2, 0) is 0 Å². The number of hydrogen-bond acceptors (Lipinski definition) is 3. The van der Waals surface area contributed by atoms with Crippen LogP contribution in [0.1, 0.15) is 9.67 Å². The molecule has 0 saturated carbocycles. The van der Waals surface area contributed by atoms with E-state index in [1.165, 1.54) is 22.1 Å². The van der Waals surface area contributed by atoms with Crippen LogP contribution in [0.3, 0.4) is 0 Å². The molecule has 2 aromatic carbocycles. The molecular formula is C18H12N2OS. The topological polar surface area (TPSA) is 42.0 Å². The summed E-state index contributed by atoms with van der Waals surface area (Å²) in [6, 6.07) is 18.0. The number of thiophene rings is 1. The quantitative estimate of drug-likeness (QED) is 0.583. The van der Waals surface area contributed by atoms with E-state index in [0.717, 1.165) is 10.1 Å². The fraction of sp³-hybridized carbons (Fsp3) is 0. The Balaban J connectivity index is 1.76. The highest BCUT2D eigenvalue weighted by Crippen LogP contribution is 2.32. The minimum absolute atomic E-state index is 0.0988. The molecule has 0 aliphatic carbocycles. The van der Waals surface area contributed by atoms with E-state index in [9.17, 15) is 4.79 Å². The number of rotatable bonds is 2. The molecule has 4 aromatic rings. The lowest BCUT2D eigenvalue weighted by atomic mass is 10.1. The highest BCUT2D eigenvalue weighted by molar-refractivity contribution is 7.21. The van der Waals surface area contributed by atoms with Gasteiger partial charge in [0.25, 0.3) is 5.91 Å². The first-order chi connectivity index (χ1) is 10.8. The second kappa shape index (κ2) is 5.24. The molecule has 4 rings (SSSR count). The zero-order chi connectivity index (χ0) is 14.9. The van der Waals surface area contributed by atoms with Gasteiger partial charge in [0.15, 0.2) is 0 Å². The number of hydrogen-bond donors (Lipinski definition) is 1. The predicted octanol–water partition coefficient (Wildman–Crippen LogP) is 4.70. The summed E-state index contributed by atoms with van der Waals surface area (Å²) in [6.45, 7) is 0. The summed E-state index contributed by atoms with van der Waals surface area (Å²) in [5.41, 5.74) is 0.704. The van der Waals surface area contributed by atoms with Gasteiger partial charge in [-0.1, -0.05) is 36.4 Å². The molecule has 1 amide bonds. The van der Waals surface area contributed by atoms with Gasteiger partial charge < -0.3 is 5.32 Å². The molecule has 2 heterocycles. The number of benzene rings is 2. The fourth-order valence-electron chi connectivity index (χ4n) is 2.51. The highest BCUT2D eigenvalue weighted by atomic mass is 32.1. The molecule has 1 N–H and O–H groups in total. The van der Waals surface area contributed by atoms with Gasteiger partial charge in [-0.15, -0.1) is 11.3 Å². The minimum atomic E-state index is -0.0988. The lowest BCUT2D eigenvalue weighted by Crippen LogP contribution is -2.09. The van der Waals surface area contributed by atoms with E-state index in [1.54, 1.807) is 18.5 Å². The fourth-order valence-corrected chi connectivity index (χ4v) is 3.60. The zero-order valence-electron chi connectivity index (χ0n) is 11.6. The molecule has 0 aliphatic rings. The van der Waals surface area contributed by atoms with Crippen LogP contribution in [-0.4, -0.2) is 10.9 Å². The Kier molecular flexibility index (Phi) is 3.09. The van der Waals surface area contributed by atoms with Gasteiger partial charge in [-0.2, -0.15) is 0 Å². The Morgan fingerprint density at radius 3 is 2.73 bits per heavy atom. The van der Waals surface area contributed by atoms with Crippen LogP contribution in [0.15, 0.2) is 67.0 Å². The summed E-state index contributed by atoms with van der Waals surface area (Å²) in [5, 5.41) is 6.35. The van der Waals surface area contributed by atoms with Crippen molar-refractivity contribution < 1.29 is 4.79 Å². The third kappa shape index (κ3) is 2.23. The third-order valence-corrected chi connectivity index (χ3v) is 4.73. The molecule has 0 radical (unpaired) electrons. The number of carbonyl (C=O) groups is 1. The first kappa shape index (κ1) is 13.0. The molecule has 0 bridgehead atoms. The molecule has 0 unspecified atom stereocenters. The van der Waals surface area contributed by atoms with Gasteiger partial charge >= 0.3 is 0 Å². The van der Waals surface area contributed by atoms with Crippen LogP contribution in [0.4, 0.5) is 5.69 Å². The van der Waals surface area contributed by atoms with Crippen LogP contribution in [0.25, 0.3) is 20.9 Å². The van der Waals surface area contributed by atoms with Crippen molar-refractivity contribution >= 4 is 43.8 Å². The van der Waals surface area contributed by atoms with Crippen molar-refractivity contribution in [3.05, 3.63) is 71.9 Å². The Morgan fingerprint density at radius 1 is 1.00 bits per heavy atom. The van der Waals surface area contributed by atoms with Crippen LogP contribution in [0, 0.1) is 0 Å². The monoisotopic (exact) mass is 304 g/mol. The zero-order valence-corrected chi connectivity index (χ0v) is 12.4. The van der Waals surface area contributed by atoms with E-state index in [1.807, 2.05) is 24.3 Å². The molecule has 0 fully saturated rings. The molecule has 4 heteroatoms. The molecule has 0 atom stereocenters. The van der Waals surface area contributed by atoms with Crippen molar-refractivity contribution in [2.45, 2.75) is 0 Å². The van der Waals surface area contributed by atoms with Crippen LogP contribution in [0.2, 0.25) is 0 Å². The maximum Gasteiger partial charge on any atom is 0.265 e. The van der Waals surface area contributed by atoms with Crippen molar-refractivity contribution in [2.24, 2.45) is 0 Å². The smallest absolute Gasteiger partial charge is 0.265 e. The van der Waals surface area contributed by atoms with Gasteiger partial charge in [-0.3, -0.25) is 9.78 Å². The number of amides is 1. The number of nitrogens with zero attached hydrogens (tertiary/aromatic N) is 1. The second-order valence-electron chi connectivity index (χ2n) is 5.01. The lowest BCUT2D eigenvalue weighted by molar-refractivity contribution is 0.103. The Hall–Kier alpha value is -2.72. The van der Waals surface area contributed by atoms with Crippen LogP contribution < -0.4 is 5.32 Å². The number of nitrogens with one attached hydrogen (secondary N) is 1. The SMILES string of the molecule is O=C(Nc1cccnc1)c1cc2ccc3ccccc3c2s1. The van der Waals surface area contributed by atoms with Gasteiger partial charge in [0.2, 0.25) is 0 Å². The molecule has 2 aromatic heterocycles. The second-order valence-corrected chi connectivity index (χ2v) is 6.06. The van der Waals surface area contributed by atoms with E-state index in [-0.39, 0.29) is 5.91 Å². The van der Waals surface area contributed by atoms with Crippen LogP contribution >= 0.6 is 11.3 Å². The average Bonchev–Trinajstić information content (AvgIpc) is 3.00. The number of carbonyl (C=O) groups excluding carboxylic acids is 1. The van der Waals surface area contributed by atoms with Crippen molar-refractivity contribution in [1.82, 2.24) is 4.98 Å². The minimum Gasteiger partial charge on any atom is -0.320 e. The molecule has 106 valence electrons. The Bertz CT molecular complexity index is 976. The van der Waals surface area contributed by atoms with Crippen molar-refractivity contribution in [2.75, 3.05) is 5.32 Å². The maximum absolute atomic E-state index is 12.4. The van der Waals surface area contributed by atoms with Crippen molar-refractivity contribution in [3.63, 3.8) is 0 Å². The summed E-state index contributed by atoms with van der Waals surface area (Å²) in [7, 11) is 0. The summed E-state index contributed by atoms with van der Waals surface area (Å²) in [6.07, 6.45) is 3.32. The van der Waals surface area contributed by atoms with Gasteiger partial charge in [-0.25, -0.2) is 0 Å². The molecule has 0 saturated heterocycles. The molecule has 22 heavy (non-hydrogen) atoms. The predicted molar refractivity (Wildman–Crippen MR) is 91.5 cm³/mol. The normalized spacial score (nSPS) is 10.9. The number of anilines is 1. The number of fused-ring (bicyclic) bond motifs is 3. The van der Waals surface area contributed by atoms with E-state index in [0.29, 0.717) is 10.6 Å². The average molecular weight is 304 g/mol. The summed E-state index contributed by atoms with van der Waals surface area (Å²) in [5.74, 6) is -0.0988. The van der Waals surface area contributed by atoms with Crippen LogP contribution in [0.5, 0.6) is 0 Å². The first-order valence-corrected chi connectivity index (χ1v) is 7.75. The summed E-state index contributed by atoms with van der Waals surface area (Å²) >= 11 is 1.52.